The molecule has 24 heavy (non-hydrogen) atoms. The average molecular weight is 338 g/mol. The van der Waals surface area contributed by atoms with E-state index in [4.69, 9.17) is 4.99 Å². The molecule has 1 aliphatic carbocycles. The van der Waals surface area contributed by atoms with Crippen molar-refractivity contribution in [1.29, 1.82) is 0 Å². The average Bonchev–Trinajstić information content (AvgIpc) is 3.38. The van der Waals surface area contributed by atoms with Gasteiger partial charge in [-0.2, -0.15) is 0 Å². The Hall–Kier alpha value is -0.810. The normalized spacial score (nSPS) is 21.6. The van der Waals surface area contributed by atoms with Gasteiger partial charge >= 0.3 is 0 Å². The second kappa shape index (κ2) is 10.9. The van der Waals surface area contributed by atoms with Gasteiger partial charge in [0.05, 0.1) is 6.54 Å². The molecule has 140 valence electrons. The molecule has 5 nitrogen and oxygen atoms in total. The molecule has 0 bridgehead atoms. The summed E-state index contributed by atoms with van der Waals surface area (Å²) >= 11 is 0. The van der Waals surface area contributed by atoms with Crippen molar-refractivity contribution in [1.82, 2.24) is 20.4 Å². The van der Waals surface area contributed by atoms with Crippen LogP contribution in [0.15, 0.2) is 4.99 Å². The molecule has 0 aromatic heterocycles. The topological polar surface area (TPSA) is 42.9 Å². The summed E-state index contributed by atoms with van der Waals surface area (Å²) in [6.45, 7) is 8.78. The molecule has 2 aliphatic rings. The van der Waals surface area contributed by atoms with Crippen LogP contribution in [0.25, 0.3) is 0 Å². The molecule has 2 rings (SSSR count). The fraction of sp³-hybridized carbons (Fsp3) is 0.947. The Morgan fingerprint density at radius 1 is 1.12 bits per heavy atom. The van der Waals surface area contributed by atoms with Crippen LogP contribution in [0.5, 0.6) is 0 Å². The zero-order valence-electron chi connectivity index (χ0n) is 16.2. The van der Waals surface area contributed by atoms with Crippen LogP contribution in [0.1, 0.15) is 51.9 Å². The molecule has 0 aromatic rings. The van der Waals surface area contributed by atoms with Gasteiger partial charge in [0, 0.05) is 19.1 Å². The van der Waals surface area contributed by atoms with Gasteiger partial charge in [-0.25, -0.2) is 0 Å². The number of hydrogen-bond acceptors (Lipinski definition) is 3. The number of nitrogens with zero attached hydrogens (tertiary/aromatic N) is 3. The van der Waals surface area contributed by atoms with Crippen molar-refractivity contribution in [3.8, 4) is 0 Å². The highest BCUT2D eigenvalue weighted by atomic mass is 15.2. The van der Waals surface area contributed by atoms with E-state index in [0.717, 1.165) is 31.5 Å². The van der Waals surface area contributed by atoms with Crippen molar-refractivity contribution < 1.29 is 0 Å². The van der Waals surface area contributed by atoms with Gasteiger partial charge in [0.15, 0.2) is 5.96 Å². The van der Waals surface area contributed by atoms with Crippen LogP contribution in [0, 0.1) is 5.92 Å². The summed E-state index contributed by atoms with van der Waals surface area (Å²) in [5, 5.41) is 6.91. The van der Waals surface area contributed by atoms with Gasteiger partial charge in [-0.3, -0.25) is 4.99 Å². The van der Waals surface area contributed by atoms with Crippen LogP contribution in [-0.4, -0.2) is 75.2 Å². The smallest absolute Gasteiger partial charge is 0.191 e. The summed E-state index contributed by atoms with van der Waals surface area (Å²) in [5.41, 5.74) is 0. The van der Waals surface area contributed by atoms with Gasteiger partial charge in [0.1, 0.15) is 0 Å². The van der Waals surface area contributed by atoms with E-state index in [2.05, 4.69) is 41.5 Å². The number of aliphatic imine (C=N–C) groups is 1. The minimum atomic E-state index is 0.595. The molecule has 2 N–H and O–H groups in total. The molecule has 0 spiro atoms. The van der Waals surface area contributed by atoms with E-state index in [1.807, 2.05) is 0 Å². The fourth-order valence-corrected chi connectivity index (χ4v) is 3.61. The van der Waals surface area contributed by atoms with Crippen molar-refractivity contribution in [3.05, 3.63) is 0 Å². The maximum absolute atomic E-state index is 4.83. The third kappa shape index (κ3) is 7.39. The molecule has 0 aromatic carbocycles. The quantitative estimate of drug-likeness (QED) is 0.384. The van der Waals surface area contributed by atoms with Gasteiger partial charge in [0.2, 0.25) is 0 Å². The van der Waals surface area contributed by atoms with Crippen LogP contribution in [-0.2, 0) is 0 Å². The van der Waals surface area contributed by atoms with Gasteiger partial charge in [-0.15, -0.1) is 0 Å². The maximum Gasteiger partial charge on any atom is 0.191 e. The summed E-state index contributed by atoms with van der Waals surface area (Å²) in [6.07, 6.45) is 9.54. The van der Waals surface area contributed by atoms with Crippen molar-refractivity contribution in [2.24, 2.45) is 10.9 Å². The fourth-order valence-electron chi connectivity index (χ4n) is 3.61. The van der Waals surface area contributed by atoms with E-state index in [1.165, 1.54) is 64.6 Å². The Bertz CT molecular complexity index is 355. The molecule has 0 amide bonds. The lowest BCUT2D eigenvalue weighted by Crippen LogP contribution is -2.40. The number of rotatable bonds is 9. The van der Waals surface area contributed by atoms with Crippen LogP contribution in [0.2, 0.25) is 0 Å². The monoisotopic (exact) mass is 337 g/mol. The Balaban J connectivity index is 1.68. The Morgan fingerprint density at radius 2 is 1.83 bits per heavy atom. The first kappa shape index (κ1) is 19.5. The minimum Gasteiger partial charge on any atom is -0.357 e. The Morgan fingerprint density at radius 3 is 2.42 bits per heavy atom. The first-order valence-electron chi connectivity index (χ1n) is 10.1. The highest BCUT2D eigenvalue weighted by Gasteiger charge is 2.32. The van der Waals surface area contributed by atoms with Crippen LogP contribution in [0.4, 0.5) is 0 Å². The van der Waals surface area contributed by atoms with Crippen molar-refractivity contribution in [2.75, 3.05) is 53.4 Å². The van der Waals surface area contributed by atoms with Crippen LogP contribution < -0.4 is 10.6 Å². The Labute approximate surface area is 149 Å². The number of likely N-dealkylation sites (tertiary alicyclic amines) is 1. The summed E-state index contributed by atoms with van der Waals surface area (Å²) in [7, 11) is 4.36. The lowest BCUT2D eigenvalue weighted by atomic mass is 10.2. The molecule has 1 unspecified atom stereocenters. The second-order valence-electron chi connectivity index (χ2n) is 7.62. The van der Waals surface area contributed by atoms with Crippen molar-refractivity contribution >= 4 is 5.96 Å². The van der Waals surface area contributed by atoms with Crippen LogP contribution >= 0.6 is 0 Å². The first-order chi connectivity index (χ1) is 11.7. The number of nitrogens with one attached hydrogen (secondary N) is 2. The van der Waals surface area contributed by atoms with Gasteiger partial charge in [-0.05, 0) is 78.7 Å². The summed E-state index contributed by atoms with van der Waals surface area (Å²) in [5.74, 6) is 1.84. The van der Waals surface area contributed by atoms with E-state index in [1.54, 1.807) is 0 Å². The third-order valence-corrected chi connectivity index (χ3v) is 5.25. The predicted molar refractivity (Wildman–Crippen MR) is 104 cm³/mol. The molecule has 0 radical (unpaired) electrons. The molecule has 1 saturated heterocycles. The van der Waals surface area contributed by atoms with Crippen molar-refractivity contribution in [2.45, 2.75) is 57.9 Å². The number of likely N-dealkylation sites (N-methyl/N-ethyl adjacent to an activating group) is 1. The third-order valence-electron chi connectivity index (χ3n) is 5.25. The molecule has 1 heterocycles. The van der Waals surface area contributed by atoms with E-state index in [9.17, 15) is 0 Å². The zero-order valence-corrected chi connectivity index (χ0v) is 16.2. The highest BCUT2D eigenvalue weighted by Crippen LogP contribution is 2.34. The second-order valence-corrected chi connectivity index (χ2v) is 7.62. The van der Waals surface area contributed by atoms with Gasteiger partial charge in [0.25, 0.3) is 0 Å². The SMILES string of the molecule is CCNC(=NCC(C1CC1)N(C)C)NCCCN1CCCCCC1. The zero-order chi connectivity index (χ0) is 17.2. The highest BCUT2D eigenvalue weighted by molar-refractivity contribution is 5.79. The first-order valence-corrected chi connectivity index (χ1v) is 10.1. The Kier molecular flexibility index (Phi) is 8.89. The molecule has 1 atom stereocenters. The standard InChI is InChI=1S/C19H39N5/c1-4-20-19(22-16-18(23(2)3)17-10-11-17)21-12-9-15-24-13-7-5-6-8-14-24/h17-18H,4-16H2,1-3H3,(H2,20,21,22). The van der Waals surface area contributed by atoms with E-state index in [-0.39, 0.29) is 0 Å². The summed E-state index contributed by atoms with van der Waals surface area (Å²) in [6, 6.07) is 0.595. The van der Waals surface area contributed by atoms with Crippen molar-refractivity contribution in [3.63, 3.8) is 0 Å². The molecular weight excluding hydrogens is 298 g/mol. The van der Waals surface area contributed by atoms with Gasteiger partial charge < -0.3 is 20.4 Å². The molecular formula is C19H39N5. The molecule has 5 heteroatoms. The molecule has 1 aliphatic heterocycles. The van der Waals surface area contributed by atoms with Crippen LogP contribution in [0.3, 0.4) is 0 Å². The van der Waals surface area contributed by atoms with Gasteiger partial charge in [-0.1, -0.05) is 12.8 Å². The maximum atomic E-state index is 4.83. The number of guanidine groups is 1. The predicted octanol–water partition coefficient (Wildman–Crippen LogP) is 2.15. The largest absolute Gasteiger partial charge is 0.357 e. The van der Waals surface area contributed by atoms with E-state index < -0.39 is 0 Å². The lowest BCUT2D eigenvalue weighted by molar-refractivity contribution is 0.271. The summed E-state index contributed by atoms with van der Waals surface area (Å²) < 4.78 is 0. The molecule has 2 fully saturated rings. The summed E-state index contributed by atoms with van der Waals surface area (Å²) in [4.78, 5) is 9.81. The van der Waals surface area contributed by atoms with E-state index >= 15 is 0 Å². The van der Waals surface area contributed by atoms with E-state index in [0.29, 0.717) is 6.04 Å². The lowest BCUT2D eigenvalue weighted by Gasteiger charge is -2.23. The minimum absolute atomic E-state index is 0.595. The molecule has 1 saturated carbocycles. The number of hydrogen-bond donors (Lipinski definition) is 2.